The number of aryl methyl sites for hydroxylation is 1. The van der Waals surface area contributed by atoms with Crippen molar-refractivity contribution in [1.82, 2.24) is 9.55 Å². The fourth-order valence-corrected chi connectivity index (χ4v) is 3.42. The van der Waals surface area contributed by atoms with Gasteiger partial charge in [-0.15, -0.1) is 0 Å². The van der Waals surface area contributed by atoms with Crippen molar-refractivity contribution < 1.29 is 18.7 Å². The maximum atomic E-state index is 14.4. The molecule has 34 heavy (non-hydrogen) atoms. The van der Waals surface area contributed by atoms with Gasteiger partial charge < -0.3 is 9.30 Å². The molecular formula is C28H23FN2O3. The highest BCUT2D eigenvalue weighted by Gasteiger charge is 2.07. The third-order valence-corrected chi connectivity index (χ3v) is 5.26. The topological polar surface area (TPSA) is 61.2 Å². The van der Waals surface area contributed by atoms with Crippen LogP contribution in [0.3, 0.4) is 0 Å². The number of halogens is 1. The van der Waals surface area contributed by atoms with Crippen LogP contribution >= 0.6 is 0 Å². The van der Waals surface area contributed by atoms with Crippen LogP contribution in [0.2, 0.25) is 0 Å². The van der Waals surface area contributed by atoms with Gasteiger partial charge in [-0.05, 0) is 65.6 Å². The van der Waals surface area contributed by atoms with Crippen molar-refractivity contribution in [1.29, 1.82) is 0 Å². The maximum Gasteiger partial charge on any atom is 0.163 e. The average Bonchev–Trinajstić information content (AvgIpc) is 3.21. The first-order valence-corrected chi connectivity index (χ1v) is 10.8. The summed E-state index contributed by atoms with van der Waals surface area (Å²) in [5, 5.41) is 1.12. The molecule has 0 fully saturated rings. The Kier molecular flexibility index (Phi) is 7.08. The molecule has 0 aliphatic rings. The molecule has 0 N–H and O–H groups in total. The lowest BCUT2D eigenvalue weighted by atomic mass is 10.1. The van der Waals surface area contributed by atoms with Gasteiger partial charge in [0.15, 0.2) is 11.6 Å². The molecule has 0 radical (unpaired) electrons. The highest BCUT2D eigenvalue weighted by molar-refractivity contribution is 6.11. The van der Waals surface area contributed by atoms with Crippen LogP contribution in [0.25, 0.3) is 23.1 Å². The minimum atomic E-state index is -0.523. The summed E-state index contributed by atoms with van der Waals surface area (Å²) >= 11 is 0. The summed E-state index contributed by atoms with van der Waals surface area (Å²) in [6, 6.07) is 17.8. The molecule has 0 aliphatic heterocycles. The van der Waals surface area contributed by atoms with Crippen LogP contribution in [0.1, 0.15) is 23.2 Å². The van der Waals surface area contributed by atoms with E-state index < -0.39 is 11.6 Å². The highest BCUT2D eigenvalue weighted by Crippen LogP contribution is 2.19. The number of benzene rings is 2. The number of nitrogens with zero attached hydrogens (tertiary/aromatic N) is 2. The molecule has 2 heterocycles. The predicted octanol–water partition coefficient (Wildman–Crippen LogP) is 5.55. The average molecular weight is 455 g/mol. The first-order valence-electron chi connectivity index (χ1n) is 10.8. The Morgan fingerprint density at radius 2 is 1.82 bits per heavy atom. The minimum Gasteiger partial charge on any atom is -0.487 e. The SMILES string of the molecule is Cn1ccc2ccc(/C=C/C(=O)CC(=O)/C=C/c3ccc(OCc4ccccn4)cc3F)cc21. The third-order valence-electron chi connectivity index (χ3n) is 5.26. The van der Waals surface area contributed by atoms with Crippen molar-refractivity contribution in [2.75, 3.05) is 0 Å². The monoisotopic (exact) mass is 454 g/mol. The molecule has 4 rings (SSSR count). The van der Waals surface area contributed by atoms with E-state index in [2.05, 4.69) is 4.98 Å². The molecule has 0 atom stereocenters. The van der Waals surface area contributed by atoms with Crippen LogP contribution in [0.5, 0.6) is 5.75 Å². The number of hydrogen-bond donors (Lipinski definition) is 0. The van der Waals surface area contributed by atoms with Gasteiger partial charge in [0, 0.05) is 36.6 Å². The van der Waals surface area contributed by atoms with Gasteiger partial charge in [0.05, 0.1) is 12.1 Å². The molecule has 0 saturated heterocycles. The zero-order valence-electron chi connectivity index (χ0n) is 18.6. The van der Waals surface area contributed by atoms with E-state index in [0.717, 1.165) is 22.2 Å². The lowest BCUT2D eigenvalue weighted by molar-refractivity contribution is -0.121. The summed E-state index contributed by atoms with van der Waals surface area (Å²) in [6.45, 7) is 0.225. The number of ketones is 2. The van der Waals surface area contributed by atoms with Crippen LogP contribution in [-0.2, 0) is 23.2 Å². The Labute approximate surface area is 196 Å². The second-order valence-electron chi connectivity index (χ2n) is 7.81. The van der Waals surface area contributed by atoms with Crippen LogP contribution in [0.15, 0.2) is 85.2 Å². The number of rotatable bonds is 9. The number of allylic oxidation sites excluding steroid dienone is 2. The van der Waals surface area contributed by atoms with Gasteiger partial charge >= 0.3 is 0 Å². The van der Waals surface area contributed by atoms with Crippen LogP contribution < -0.4 is 4.74 Å². The second kappa shape index (κ2) is 10.5. The number of pyridine rings is 1. The van der Waals surface area contributed by atoms with E-state index in [0.29, 0.717) is 5.75 Å². The van der Waals surface area contributed by atoms with Gasteiger partial charge in [-0.2, -0.15) is 0 Å². The summed E-state index contributed by atoms with van der Waals surface area (Å²) in [5.41, 5.74) is 2.90. The minimum absolute atomic E-state index is 0.225. The van der Waals surface area contributed by atoms with Gasteiger partial charge in [0.1, 0.15) is 18.2 Å². The lowest BCUT2D eigenvalue weighted by Gasteiger charge is -2.06. The Balaban J connectivity index is 1.31. The van der Waals surface area contributed by atoms with Crippen molar-refractivity contribution in [2.45, 2.75) is 13.0 Å². The van der Waals surface area contributed by atoms with Crippen molar-refractivity contribution in [2.24, 2.45) is 7.05 Å². The standard InChI is InChI=1S/C28H23FN2O3/c1-31-15-13-22-7-5-20(16-28(22)31)6-10-24(32)17-25(33)11-8-21-9-12-26(18-27(21)29)34-19-23-4-2-3-14-30-23/h2-16,18H,17,19H2,1H3/b10-6+,11-8+. The molecule has 2 aromatic heterocycles. The van der Waals surface area contributed by atoms with Gasteiger partial charge in [-0.1, -0.05) is 24.3 Å². The van der Waals surface area contributed by atoms with E-state index in [-0.39, 0.29) is 24.4 Å². The fourth-order valence-electron chi connectivity index (χ4n) is 3.42. The van der Waals surface area contributed by atoms with Gasteiger partial charge in [-0.3, -0.25) is 14.6 Å². The van der Waals surface area contributed by atoms with E-state index in [4.69, 9.17) is 4.74 Å². The maximum absolute atomic E-state index is 14.4. The molecule has 0 bridgehead atoms. The summed E-state index contributed by atoms with van der Waals surface area (Å²) in [7, 11) is 1.96. The second-order valence-corrected chi connectivity index (χ2v) is 7.81. The summed E-state index contributed by atoms with van der Waals surface area (Å²) in [6.07, 6.45) is 9.01. The molecule has 0 unspecified atom stereocenters. The summed E-state index contributed by atoms with van der Waals surface area (Å²) in [5.74, 6) is -0.881. The van der Waals surface area contributed by atoms with E-state index in [1.54, 1.807) is 24.4 Å². The molecule has 2 aromatic carbocycles. The largest absolute Gasteiger partial charge is 0.487 e. The molecule has 5 nitrogen and oxygen atoms in total. The first kappa shape index (κ1) is 22.9. The molecule has 4 aromatic rings. The number of hydrogen-bond acceptors (Lipinski definition) is 4. The quantitative estimate of drug-likeness (QED) is 0.246. The number of ether oxygens (including phenoxy) is 1. The zero-order chi connectivity index (χ0) is 23.9. The van der Waals surface area contributed by atoms with Gasteiger partial charge in [0.25, 0.3) is 0 Å². The van der Waals surface area contributed by atoms with E-state index in [1.165, 1.54) is 30.4 Å². The van der Waals surface area contributed by atoms with Crippen molar-refractivity contribution in [3.05, 3.63) is 108 Å². The lowest BCUT2D eigenvalue weighted by Crippen LogP contribution is -2.02. The Hall–Kier alpha value is -4.32. The summed E-state index contributed by atoms with van der Waals surface area (Å²) < 4.78 is 21.9. The Morgan fingerprint density at radius 3 is 2.59 bits per heavy atom. The Bertz CT molecular complexity index is 1390. The van der Waals surface area contributed by atoms with Gasteiger partial charge in [-0.25, -0.2) is 4.39 Å². The van der Waals surface area contributed by atoms with Crippen molar-refractivity contribution in [3.63, 3.8) is 0 Å². The Morgan fingerprint density at radius 1 is 1.00 bits per heavy atom. The molecule has 0 amide bonds. The fraction of sp³-hybridized carbons (Fsp3) is 0.107. The smallest absolute Gasteiger partial charge is 0.163 e. The third kappa shape index (κ3) is 5.92. The highest BCUT2D eigenvalue weighted by atomic mass is 19.1. The van der Waals surface area contributed by atoms with Gasteiger partial charge in [0.2, 0.25) is 0 Å². The summed E-state index contributed by atoms with van der Waals surface area (Å²) in [4.78, 5) is 28.5. The zero-order valence-corrected chi connectivity index (χ0v) is 18.6. The molecule has 0 spiro atoms. The first-order chi connectivity index (χ1) is 16.5. The number of carbonyl (C=O) groups is 2. The van der Waals surface area contributed by atoms with Crippen molar-refractivity contribution in [3.8, 4) is 5.75 Å². The van der Waals surface area contributed by atoms with Crippen LogP contribution in [-0.4, -0.2) is 21.1 Å². The number of fused-ring (bicyclic) bond motifs is 1. The van der Waals surface area contributed by atoms with E-state index >= 15 is 0 Å². The molecule has 0 saturated carbocycles. The number of carbonyl (C=O) groups excluding carboxylic acids is 2. The van der Waals surface area contributed by atoms with E-state index in [1.807, 2.05) is 54.2 Å². The molecular weight excluding hydrogens is 431 g/mol. The van der Waals surface area contributed by atoms with Crippen LogP contribution in [0.4, 0.5) is 4.39 Å². The normalized spacial score (nSPS) is 11.5. The van der Waals surface area contributed by atoms with Crippen molar-refractivity contribution >= 4 is 34.6 Å². The van der Waals surface area contributed by atoms with E-state index in [9.17, 15) is 14.0 Å². The molecule has 6 heteroatoms. The molecule has 0 aliphatic carbocycles. The number of aromatic nitrogens is 2. The molecule has 170 valence electrons. The predicted molar refractivity (Wildman–Crippen MR) is 131 cm³/mol. The van der Waals surface area contributed by atoms with Crippen LogP contribution in [0, 0.1) is 5.82 Å².